The van der Waals surface area contributed by atoms with E-state index in [2.05, 4.69) is 30.6 Å². The Hall–Kier alpha value is -1.44. The molecule has 0 saturated carbocycles. The van der Waals surface area contributed by atoms with Crippen molar-refractivity contribution in [1.29, 1.82) is 0 Å². The van der Waals surface area contributed by atoms with Crippen LogP contribution in [-0.4, -0.2) is 19.3 Å². The maximum absolute atomic E-state index is 13.2. The Balaban J connectivity index is 2.11. The first-order valence-corrected chi connectivity index (χ1v) is 10.2. The van der Waals surface area contributed by atoms with E-state index in [1.807, 2.05) is 11.2 Å². The summed E-state index contributed by atoms with van der Waals surface area (Å²) >= 11 is 0. The molecule has 0 bridgehead atoms. The van der Waals surface area contributed by atoms with Gasteiger partial charge >= 0.3 is 0 Å². The molecule has 0 radical (unpaired) electrons. The molecular formula is C13H20F2N4Si. The van der Waals surface area contributed by atoms with Gasteiger partial charge in [0.05, 0.1) is 19.8 Å². The standard InChI is InChI=1S/C13H20F2N4Si/c1-20(2,3)8-19-7-12(17-18-19)13(16)9-4-5-10(14)11(15)6-9/h4-7,13,17-18H,8,16H2,1-3H3. The summed E-state index contributed by atoms with van der Waals surface area (Å²) in [6, 6.07) is 3.19. The Morgan fingerprint density at radius 2 is 1.95 bits per heavy atom. The van der Waals surface area contributed by atoms with Crippen molar-refractivity contribution in [3.8, 4) is 0 Å². The van der Waals surface area contributed by atoms with Gasteiger partial charge in [-0.15, -0.1) is 5.53 Å². The van der Waals surface area contributed by atoms with Crippen LogP contribution in [0.5, 0.6) is 0 Å². The number of hydrogen-bond acceptors (Lipinski definition) is 4. The molecule has 20 heavy (non-hydrogen) atoms. The molecule has 2 rings (SSSR count). The normalized spacial score (nSPS) is 16.9. The first kappa shape index (κ1) is 15.0. The van der Waals surface area contributed by atoms with Crippen molar-refractivity contribution >= 4 is 8.07 Å². The van der Waals surface area contributed by atoms with Crippen molar-refractivity contribution in [1.82, 2.24) is 16.0 Å². The monoisotopic (exact) mass is 298 g/mol. The van der Waals surface area contributed by atoms with Crippen LogP contribution in [0.2, 0.25) is 19.6 Å². The summed E-state index contributed by atoms with van der Waals surface area (Å²) in [5.41, 5.74) is 13.3. The van der Waals surface area contributed by atoms with Gasteiger partial charge < -0.3 is 11.2 Å². The maximum Gasteiger partial charge on any atom is 0.159 e. The van der Waals surface area contributed by atoms with Gasteiger partial charge in [0.15, 0.2) is 11.6 Å². The van der Waals surface area contributed by atoms with Crippen LogP contribution in [0.4, 0.5) is 8.78 Å². The first-order chi connectivity index (χ1) is 9.26. The van der Waals surface area contributed by atoms with E-state index in [4.69, 9.17) is 5.73 Å². The Bertz CT molecular complexity index is 528. The minimum atomic E-state index is -1.25. The SMILES string of the molecule is C[Si](C)(C)CN1C=C(C(N)c2ccc(F)c(F)c2)NN1. The molecule has 1 aliphatic rings. The molecular weight excluding hydrogens is 278 g/mol. The third kappa shape index (κ3) is 3.56. The quantitative estimate of drug-likeness (QED) is 0.744. The van der Waals surface area contributed by atoms with Crippen molar-refractivity contribution in [2.24, 2.45) is 5.73 Å². The van der Waals surface area contributed by atoms with Gasteiger partial charge in [-0.2, -0.15) is 0 Å². The molecule has 7 heteroatoms. The number of nitrogens with zero attached hydrogens (tertiary/aromatic N) is 1. The number of benzene rings is 1. The summed E-state index contributed by atoms with van der Waals surface area (Å²) in [6.45, 7) is 6.78. The number of halogens is 2. The third-order valence-electron chi connectivity index (χ3n) is 2.92. The highest BCUT2D eigenvalue weighted by atomic mass is 28.3. The molecule has 1 aromatic carbocycles. The van der Waals surface area contributed by atoms with Gasteiger partial charge in [-0.3, -0.25) is 5.01 Å². The third-order valence-corrected chi connectivity index (χ3v) is 4.21. The molecule has 0 saturated heterocycles. The molecule has 1 aromatic rings. The van der Waals surface area contributed by atoms with Crippen molar-refractivity contribution in [3.63, 3.8) is 0 Å². The van der Waals surface area contributed by atoms with Crippen LogP contribution in [0.1, 0.15) is 11.6 Å². The Labute approximate surface area is 118 Å². The second-order valence-electron chi connectivity index (χ2n) is 6.16. The minimum absolute atomic E-state index is 0.524. The van der Waals surface area contributed by atoms with Gasteiger partial charge in [-0.25, -0.2) is 8.78 Å². The number of nitrogens with one attached hydrogen (secondary N) is 2. The van der Waals surface area contributed by atoms with Gasteiger partial charge in [0.2, 0.25) is 0 Å². The van der Waals surface area contributed by atoms with Crippen molar-refractivity contribution in [3.05, 3.63) is 47.3 Å². The lowest BCUT2D eigenvalue weighted by Gasteiger charge is -2.23. The van der Waals surface area contributed by atoms with Gasteiger partial charge in [0, 0.05) is 12.4 Å². The average Bonchev–Trinajstić information content (AvgIpc) is 2.78. The smallest absolute Gasteiger partial charge is 0.159 e. The van der Waals surface area contributed by atoms with Gasteiger partial charge in [-0.1, -0.05) is 25.7 Å². The average molecular weight is 298 g/mol. The molecule has 0 amide bonds. The summed E-state index contributed by atoms with van der Waals surface area (Å²) in [7, 11) is -1.25. The zero-order valence-electron chi connectivity index (χ0n) is 11.9. The predicted octanol–water partition coefficient (Wildman–Crippen LogP) is 2.01. The molecule has 110 valence electrons. The highest BCUT2D eigenvalue weighted by Crippen LogP contribution is 2.21. The fourth-order valence-electron chi connectivity index (χ4n) is 2.01. The van der Waals surface area contributed by atoms with Crippen LogP contribution in [0.15, 0.2) is 30.1 Å². The second kappa shape index (κ2) is 5.51. The number of rotatable bonds is 4. The number of hydrazine groups is 2. The van der Waals surface area contributed by atoms with Gasteiger partial charge in [0.25, 0.3) is 0 Å². The molecule has 1 aliphatic heterocycles. The molecule has 0 aromatic heterocycles. The second-order valence-corrected chi connectivity index (χ2v) is 11.6. The fourth-order valence-corrected chi connectivity index (χ4v) is 3.20. The van der Waals surface area contributed by atoms with E-state index in [1.54, 1.807) is 0 Å². The summed E-state index contributed by atoms with van der Waals surface area (Å²) in [5.74, 6) is -1.75. The molecule has 4 nitrogen and oxygen atoms in total. The lowest BCUT2D eigenvalue weighted by atomic mass is 10.1. The van der Waals surface area contributed by atoms with Crippen molar-refractivity contribution < 1.29 is 8.78 Å². The number of hydrogen-bond donors (Lipinski definition) is 3. The van der Waals surface area contributed by atoms with E-state index in [0.29, 0.717) is 5.56 Å². The van der Waals surface area contributed by atoms with Crippen LogP contribution in [0, 0.1) is 11.6 Å². The van der Waals surface area contributed by atoms with E-state index in [9.17, 15) is 8.78 Å². The van der Waals surface area contributed by atoms with E-state index < -0.39 is 25.8 Å². The molecule has 0 aliphatic carbocycles. The van der Waals surface area contributed by atoms with E-state index >= 15 is 0 Å². The Morgan fingerprint density at radius 3 is 2.55 bits per heavy atom. The summed E-state index contributed by atoms with van der Waals surface area (Å²) in [5, 5.41) is 1.95. The highest BCUT2D eigenvalue weighted by Gasteiger charge is 2.23. The predicted molar refractivity (Wildman–Crippen MR) is 77.7 cm³/mol. The zero-order valence-corrected chi connectivity index (χ0v) is 12.9. The molecule has 1 unspecified atom stereocenters. The molecule has 0 spiro atoms. The van der Waals surface area contributed by atoms with Crippen LogP contribution in [0.25, 0.3) is 0 Å². The lowest BCUT2D eigenvalue weighted by Crippen LogP contribution is -2.45. The van der Waals surface area contributed by atoms with Gasteiger partial charge in [0.1, 0.15) is 0 Å². The van der Waals surface area contributed by atoms with Crippen molar-refractivity contribution in [2.45, 2.75) is 25.7 Å². The van der Waals surface area contributed by atoms with E-state index in [0.717, 1.165) is 24.0 Å². The summed E-state index contributed by atoms with van der Waals surface area (Å²) in [4.78, 5) is 0. The highest BCUT2D eigenvalue weighted by molar-refractivity contribution is 6.76. The summed E-state index contributed by atoms with van der Waals surface area (Å²) < 4.78 is 26.2. The first-order valence-electron chi connectivity index (χ1n) is 6.47. The van der Waals surface area contributed by atoms with Crippen LogP contribution < -0.4 is 16.7 Å². The molecule has 4 N–H and O–H groups in total. The Kier molecular flexibility index (Phi) is 4.12. The fraction of sp³-hybridized carbons (Fsp3) is 0.385. The molecule has 1 atom stereocenters. The maximum atomic E-state index is 13.2. The van der Waals surface area contributed by atoms with Crippen LogP contribution in [-0.2, 0) is 0 Å². The Morgan fingerprint density at radius 1 is 1.25 bits per heavy atom. The minimum Gasteiger partial charge on any atom is -0.319 e. The molecule has 0 fully saturated rings. The van der Waals surface area contributed by atoms with E-state index in [-0.39, 0.29) is 0 Å². The zero-order chi connectivity index (χ0) is 14.9. The number of nitrogens with two attached hydrogens (primary N) is 1. The van der Waals surface area contributed by atoms with Crippen molar-refractivity contribution in [2.75, 3.05) is 6.17 Å². The van der Waals surface area contributed by atoms with Gasteiger partial charge in [-0.05, 0) is 17.7 Å². The molecule has 1 heterocycles. The van der Waals surface area contributed by atoms with E-state index in [1.165, 1.54) is 6.07 Å². The van der Waals surface area contributed by atoms with Crippen LogP contribution >= 0.6 is 0 Å². The topological polar surface area (TPSA) is 53.3 Å². The summed E-state index contributed by atoms with van der Waals surface area (Å²) in [6.07, 6.45) is 2.80. The largest absolute Gasteiger partial charge is 0.319 e. The van der Waals surface area contributed by atoms with Crippen LogP contribution in [0.3, 0.4) is 0 Å². The lowest BCUT2D eigenvalue weighted by molar-refractivity contribution is 0.305.